The van der Waals surface area contributed by atoms with Gasteiger partial charge in [0, 0.05) is 0 Å². The molecule has 0 atom stereocenters. The molecule has 0 spiro atoms. The lowest BCUT2D eigenvalue weighted by Gasteiger charge is -2.08. The van der Waals surface area contributed by atoms with Crippen molar-refractivity contribution in [2.24, 2.45) is 0 Å². The van der Waals surface area contributed by atoms with Crippen LogP contribution < -0.4 is 4.74 Å². The number of ether oxygens (including phenoxy) is 1. The van der Waals surface area contributed by atoms with E-state index >= 15 is 0 Å². The smallest absolute Gasteiger partial charge is 0.433 e. The Morgan fingerprint density at radius 1 is 1.44 bits per heavy atom. The van der Waals surface area contributed by atoms with E-state index in [0.717, 1.165) is 6.07 Å². The third-order valence-electron chi connectivity index (χ3n) is 1.56. The summed E-state index contributed by atoms with van der Waals surface area (Å²) in [5, 5.41) is 8.61. The Morgan fingerprint density at radius 2 is 2.12 bits per heavy atom. The van der Waals surface area contributed by atoms with Crippen LogP contribution >= 0.6 is 0 Å². The predicted octanol–water partition coefficient (Wildman–Crippen LogP) is 1.98. The molecular weight excluding hydrogens is 221 g/mol. The van der Waals surface area contributed by atoms with Gasteiger partial charge in [-0.15, -0.1) is 6.42 Å². The van der Waals surface area contributed by atoms with Gasteiger partial charge in [-0.1, -0.05) is 5.92 Å². The van der Waals surface area contributed by atoms with Gasteiger partial charge < -0.3 is 4.74 Å². The second-order valence-electron chi connectivity index (χ2n) is 2.65. The highest BCUT2D eigenvalue weighted by Gasteiger charge is 2.33. The average Bonchev–Trinajstić information content (AvgIpc) is 2.24. The summed E-state index contributed by atoms with van der Waals surface area (Å²) in [5.41, 5.74) is -1.22. The van der Waals surface area contributed by atoms with Crippen LogP contribution in [0.2, 0.25) is 0 Å². The number of halogens is 3. The quantitative estimate of drug-likeness (QED) is 0.724. The van der Waals surface area contributed by atoms with Crippen molar-refractivity contribution in [2.45, 2.75) is 6.18 Å². The van der Waals surface area contributed by atoms with Crippen LogP contribution in [0.4, 0.5) is 13.2 Å². The van der Waals surface area contributed by atoms with E-state index in [1.807, 2.05) is 0 Å². The number of nitrogens with zero attached hydrogens (tertiary/aromatic N) is 2. The number of aromatic nitrogens is 1. The predicted molar refractivity (Wildman–Crippen MR) is 48.3 cm³/mol. The molecule has 0 aromatic carbocycles. The maximum atomic E-state index is 12.3. The first-order valence-electron chi connectivity index (χ1n) is 4.03. The van der Waals surface area contributed by atoms with Crippen LogP contribution in [-0.4, -0.2) is 11.6 Å². The highest BCUT2D eigenvalue weighted by molar-refractivity contribution is 5.39. The lowest BCUT2D eigenvalue weighted by atomic mass is 10.2. The summed E-state index contributed by atoms with van der Waals surface area (Å²) < 4.78 is 41.6. The maximum Gasteiger partial charge on any atom is 0.433 e. The fourth-order valence-electron chi connectivity index (χ4n) is 0.903. The van der Waals surface area contributed by atoms with Crippen molar-refractivity contribution in [3.05, 3.63) is 23.4 Å². The summed E-state index contributed by atoms with van der Waals surface area (Å²) in [6.45, 7) is -0.247. The molecule has 1 aromatic heterocycles. The largest absolute Gasteiger partial charge is 0.464 e. The zero-order valence-corrected chi connectivity index (χ0v) is 7.88. The zero-order valence-electron chi connectivity index (χ0n) is 7.88. The molecule has 3 nitrogen and oxygen atoms in total. The molecule has 0 radical (unpaired) electrons. The molecule has 82 valence electrons. The molecule has 0 N–H and O–H groups in total. The van der Waals surface area contributed by atoms with Crippen molar-refractivity contribution in [2.75, 3.05) is 6.61 Å². The molecule has 0 aliphatic heterocycles. The Bertz CT molecular complexity index is 468. The Kier molecular flexibility index (Phi) is 3.37. The first-order chi connectivity index (χ1) is 7.49. The van der Waals surface area contributed by atoms with Crippen molar-refractivity contribution in [3.63, 3.8) is 0 Å². The van der Waals surface area contributed by atoms with Gasteiger partial charge in [-0.3, -0.25) is 0 Å². The number of hydrogen-bond donors (Lipinski definition) is 0. The molecular formula is C10H5F3N2O. The van der Waals surface area contributed by atoms with Crippen LogP contribution in [0.25, 0.3) is 0 Å². The van der Waals surface area contributed by atoms with E-state index in [9.17, 15) is 13.2 Å². The summed E-state index contributed by atoms with van der Waals surface area (Å²) >= 11 is 0. The van der Waals surface area contributed by atoms with Crippen LogP contribution in [0, 0.1) is 23.7 Å². The topological polar surface area (TPSA) is 45.9 Å². The summed E-state index contributed by atoms with van der Waals surface area (Å²) in [4.78, 5) is 3.19. The molecule has 1 rings (SSSR count). The van der Waals surface area contributed by atoms with Gasteiger partial charge in [0.05, 0.1) is 0 Å². The van der Waals surface area contributed by atoms with Crippen LogP contribution in [0.1, 0.15) is 11.3 Å². The summed E-state index contributed by atoms with van der Waals surface area (Å²) in [5.74, 6) is 1.67. The van der Waals surface area contributed by atoms with Gasteiger partial charge in [-0.25, -0.2) is 4.98 Å². The molecule has 1 aromatic rings. The Morgan fingerprint density at radius 3 is 2.62 bits per heavy atom. The van der Waals surface area contributed by atoms with Gasteiger partial charge in [0.25, 0.3) is 0 Å². The molecule has 6 heteroatoms. The second-order valence-corrected chi connectivity index (χ2v) is 2.65. The SMILES string of the molecule is C#CCOc1nc(C(F)(F)F)ccc1C#N. The molecule has 0 saturated carbocycles. The minimum Gasteiger partial charge on any atom is -0.464 e. The van der Waals surface area contributed by atoms with E-state index in [-0.39, 0.29) is 12.2 Å². The number of alkyl halides is 3. The van der Waals surface area contributed by atoms with E-state index in [1.54, 1.807) is 6.07 Å². The first-order valence-corrected chi connectivity index (χ1v) is 4.03. The number of rotatable bonds is 2. The minimum absolute atomic E-state index is 0.0942. The fraction of sp³-hybridized carbons (Fsp3) is 0.200. The van der Waals surface area contributed by atoms with Crippen molar-refractivity contribution in [1.29, 1.82) is 5.26 Å². The van der Waals surface area contributed by atoms with Crippen molar-refractivity contribution in [3.8, 4) is 24.3 Å². The third-order valence-corrected chi connectivity index (χ3v) is 1.56. The van der Waals surface area contributed by atoms with Gasteiger partial charge in [-0.2, -0.15) is 18.4 Å². The van der Waals surface area contributed by atoms with Crippen molar-refractivity contribution < 1.29 is 17.9 Å². The Hall–Kier alpha value is -2.21. The van der Waals surface area contributed by atoms with Gasteiger partial charge in [0.1, 0.15) is 17.3 Å². The highest BCUT2D eigenvalue weighted by atomic mass is 19.4. The molecule has 0 aliphatic carbocycles. The zero-order chi connectivity index (χ0) is 12.2. The van der Waals surface area contributed by atoms with E-state index in [1.165, 1.54) is 0 Å². The third kappa shape index (κ3) is 2.64. The van der Waals surface area contributed by atoms with Gasteiger partial charge in [0.15, 0.2) is 6.61 Å². The van der Waals surface area contributed by atoms with Gasteiger partial charge >= 0.3 is 6.18 Å². The normalized spacial score (nSPS) is 10.3. The van der Waals surface area contributed by atoms with Gasteiger partial charge in [0.2, 0.25) is 5.88 Å². The van der Waals surface area contributed by atoms with E-state index in [2.05, 4.69) is 10.9 Å². The van der Waals surface area contributed by atoms with E-state index in [0.29, 0.717) is 6.07 Å². The summed E-state index contributed by atoms with van der Waals surface area (Å²) in [6.07, 6.45) is 0.303. The van der Waals surface area contributed by atoms with Crippen LogP contribution in [0.3, 0.4) is 0 Å². The minimum atomic E-state index is -4.58. The number of hydrogen-bond acceptors (Lipinski definition) is 3. The molecule has 0 saturated heterocycles. The molecule has 0 aliphatic rings. The fourth-order valence-corrected chi connectivity index (χ4v) is 0.903. The lowest BCUT2D eigenvalue weighted by Crippen LogP contribution is -2.10. The molecule has 0 bridgehead atoms. The molecule has 16 heavy (non-hydrogen) atoms. The maximum absolute atomic E-state index is 12.3. The van der Waals surface area contributed by atoms with Gasteiger partial charge in [-0.05, 0) is 12.1 Å². The number of terminal acetylenes is 1. The number of nitriles is 1. The molecule has 0 unspecified atom stereocenters. The monoisotopic (exact) mass is 226 g/mol. The van der Waals surface area contributed by atoms with E-state index in [4.69, 9.17) is 16.4 Å². The van der Waals surface area contributed by atoms with Crippen molar-refractivity contribution >= 4 is 0 Å². The molecule has 0 fully saturated rings. The molecule has 1 heterocycles. The Labute approximate surface area is 89.5 Å². The number of pyridine rings is 1. The van der Waals surface area contributed by atoms with Crippen LogP contribution in [0.5, 0.6) is 5.88 Å². The Balaban J connectivity index is 3.13. The van der Waals surface area contributed by atoms with Crippen LogP contribution in [-0.2, 0) is 6.18 Å². The van der Waals surface area contributed by atoms with Crippen molar-refractivity contribution in [1.82, 2.24) is 4.98 Å². The molecule has 0 amide bonds. The lowest BCUT2D eigenvalue weighted by molar-refractivity contribution is -0.141. The average molecular weight is 226 g/mol. The van der Waals surface area contributed by atoms with Crippen LogP contribution in [0.15, 0.2) is 12.1 Å². The standard InChI is InChI=1S/C10H5F3N2O/c1-2-5-16-9-7(6-14)3-4-8(15-9)10(11,12)13/h1,3-4H,5H2. The second kappa shape index (κ2) is 4.54. The summed E-state index contributed by atoms with van der Waals surface area (Å²) in [7, 11) is 0. The summed E-state index contributed by atoms with van der Waals surface area (Å²) in [6, 6.07) is 3.36. The first kappa shape index (κ1) is 11.9. The highest BCUT2D eigenvalue weighted by Crippen LogP contribution is 2.29. The van der Waals surface area contributed by atoms with E-state index < -0.39 is 17.8 Å².